The van der Waals surface area contributed by atoms with Crippen LogP contribution in [0.5, 0.6) is 0 Å². The lowest BCUT2D eigenvalue weighted by Gasteiger charge is -2.25. The molecule has 1 aliphatic rings. The summed E-state index contributed by atoms with van der Waals surface area (Å²) >= 11 is 0. The molecule has 1 aliphatic heterocycles. The molecular formula is C19H25NO5. The van der Waals surface area contributed by atoms with Crippen LogP contribution in [0.1, 0.15) is 36.5 Å². The fraction of sp³-hybridized carbons (Fsp3) is 0.474. The van der Waals surface area contributed by atoms with Gasteiger partial charge in [0.1, 0.15) is 0 Å². The Bertz CT molecular complexity index is 616. The molecule has 6 nitrogen and oxygen atoms in total. The molecule has 1 saturated heterocycles. The Morgan fingerprint density at radius 2 is 1.96 bits per heavy atom. The van der Waals surface area contributed by atoms with Crippen LogP contribution in [-0.2, 0) is 4.79 Å². The summed E-state index contributed by atoms with van der Waals surface area (Å²) < 4.78 is 0. The standard InChI is InChI=1S/C19H25NO5/c1-13-9-10-20(19(25)14-5-3-2-4-6-14)17(13)8-7-15(21)11-16(22)12-18(23)24/h2-8,13,15-17,21-22H,9-12H2,1H3,(H,23,24)/b8-7+/t13-,15+,16+,17+/m0/s1. The van der Waals surface area contributed by atoms with Crippen molar-refractivity contribution in [3.63, 3.8) is 0 Å². The number of benzene rings is 1. The topological polar surface area (TPSA) is 98.1 Å². The zero-order valence-corrected chi connectivity index (χ0v) is 14.3. The molecule has 1 heterocycles. The second kappa shape index (κ2) is 8.78. The lowest BCUT2D eigenvalue weighted by Crippen LogP contribution is -2.36. The molecule has 4 atom stereocenters. The highest BCUT2D eigenvalue weighted by Crippen LogP contribution is 2.27. The molecule has 0 radical (unpaired) electrons. The quantitative estimate of drug-likeness (QED) is 0.652. The zero-order chi connectivity index (χ0) is 18.4. The van der Waals surface area contributed by atoms with Crippen molar-refractivity contribution in [3.8, 4) is 0 Å². The largest absolute Gasteiger partial charge is 0.481 e. The minimum atomic E-state index is -1.10. The maximum atomic E-state index is 12.7. The van der Waals surface area contributed by atoms with Gasteiger partial charge >= 0.3 is 5.97 Å². The van der Waals surface area contributed by atoms with Gasteiger partial charge in [0.05, 0.1) is 24.7 Å². The number of carbonyl (C=O) groups is 2. The molecule has 1 aromatic rings. The summed E-state index contributed by atoms with van der Waals surface area (Å²) in [6.45, 7) is 2.71. The number of rotatable bonds is 7. The third-order valence-corrected chi connectivity index (χ3v) is 4.50. The van der Waals surface area contributed by atoms with Gasteiger partial charge in [-0.25, -0.2) is 0 Å². The Labute approximate surface area is 147 Å². The zero-order valence-electron chi connectivity index (χ0n) is 14.3. The van der Waals surface area contributed by atoms with E-state index >= 15 is 0 Å². The summed E-state index contributed by atoms with van der Waals surface area (Å²) in [5.74, 6) is -0.882. The minimum Gasteiger partial charge on any atom is -0.481 e. The van der Waals surface area contributed by atoms with E-state index in [1.165, 1.54) is 0 Å². The van der Waals surface area contributed by atoms with Crippen molar-refractivity contribution in [2.24, 2.45) is 5.92 Å². The second-order valence-electron chi connectivity index (χ2n) is 6.56. The first kappa shape index (κ1) is 19.1. The third-order valence-electron chi connectivity index (χ3n) is 4.50. The summed E-state index contributed by atoms with van der Waals surface area (Å²) in [6.07, 6.45) is 1.72. The predicted molar refractivity (Wildman–Crippen MR) is 93.1 cm³/mol. The Morgan fingerprint density at radius 3 is 2.60 bits per heavy atom. The van der Waals surface area contributed by atoms with E-state index in [1.807, 2.05) is 18.2 Å². The van der Waals surface area contributed by atoms with Crippen LogP contribution < -0.4 is 0 Å². The maximum absolute atomic E-state index is 12.7. The maximum Gasteiger partial charge on any atom is 0.305 e. The molecule has 2 rings (SSSR count). The molecule has 6 heteroatoms. The van der Waals surface area contributed by atoms with E-state index in [0.29, 0.717) is 12.1 Å². The summed E-state index contributed by atoms with van der Waals surface area (Å²) in [5.41, 5.74) is 0.632. The normalized spacial score (nSPS) is 22.9. The van der Waals surface area contributed by atoms with Gasteiger partial charge in [-0.05, 0) is 24.5 Å². The summed E-state index contributed by atoms with van der Waals surface area (Å²) in [6, 6.07) is 8.95. The number of carbonyl (C=O) groups excluding carboxylic acids is 1. The summed E-state index contributed by atoms with van der Waals surface area (Å²) in [5, 5.41) is 28.2. The lowest BCUT2D eigenvalue weighted by atomic mass is 10.0. The van der Waals surface area contributed by atoms with Gasteiger partial charge in [-0.3, -0.25) is 9.59 Å². The van der Waals surface area contributed by atoms with E-state index in [9.17, 15) is 19.8 Å². The van der Waals surface area contributed by atoms with Crippen molar-refractivity contribution in [1.29, 1.82) is 0 Å². The number of carboxylic acids is 1. The monoisotopic (exact) mass is 347 g/mol. The molecule has 3 N–H and O–H groups in total. The van der Waals surface area contributed by atoms with Gasteiger partial charge in [0.25, 0.3) is 5.91 Å². The average molecular weight is 347 g/mol. The molecule has 0 saturated carbocycles. The van der Waals surface area contributed by atoms with Crippen LogP contribution in [0.4, 0.5) is 0 Å². The Kier molecular flexibility index (Phi) is 6.73. The Hall–Kier alpha value is -2.18. The van der Waals surface area contributed by atoms with Crippen molar-refractivity contribution in [2.75, 3.05) is 6.54 Å². The number of aliphatic carboxylic acids is 1. The fourth-order valence-electron chi connectivity index (χ4n) is 3.13. The molecule has 0 unspecified atom stereocenters. The van der Waals surface area contributed by atoms with Gasteiger partial charge in [-0.2, -0.15) is 0 Å². The van der Waals surface area contributed by atoms with Gasteiger partial charge in [0, 0.05) is 18.5 Å². The highest BCUT2D eigenvalue weighted by Gasteiger charge is 2.33. The van der Waals surface area contributed by atoms with E-state index in [4.69, 9.17) is 5.11 Å². The molecule has 1 amide bonds. The van der Waals surface area contributed by atoms with E-state index in [1.54, 1.807) is 29.2 Å². The van der Waals surface area contributed by atoms with Gasteiger partial charge < -0.3 is 20.2 Å². The molecule has 1 fully saturated rings. The van der Waals surface area contributed by atoms with Gasteiger partial charge in [0.2, 0.25) is 0 Å². The minimum absolute atomic E-state index is 0.0417. The van der Waals surface area contributed by atoms with Crippen LogP contribution in [0.3, 0.4) is 0 Å². The van der Waals surface area contributed by atoms with Crippen molar-refractivity contribution < 1.29 is 24.9 Å². The van der Waals surface area contributed by atoms with Gasteiger partial charge in [-0.15, -0.1) is 0 Å². The number of amides is 1. The summed E-state index contributed by atoms with van der Waals surface area (Å²) in [4.78, 5) is 25.0. The van der Waals surface area contributed by atoms with Crippen LogP contribution in [-0.4, -0.2) is 56.9 Å². The number of likely N-dealkylation sites (tertiary alicyclic amines) is 1. The number of aliphatic hydroxyl groups excluding tert-OH is 2. The summed E-state index contributed by atoms with van der Waals surface area (Å²) in [7, 11) is 0. The van der Waals surface area contributed by atoms with E-state index in [2.05, 4.69) is 6.92 Å². The van der Waals surface area contributed by atoms with Gasteiger partial charge in [-0.1, -0.05) is 37.3 Å². The molecule has 0 bridgehead atoms. The fourth-order valence-corrected chi connectivity index (χ4v) is 3.13. The van der Waals surface area contributed by atoms with Crippen molar-refractivity contribution in [3.05, 3.63) is 48.0 Å². The van der Waals surface area contributed by atoms with Crippen LogP contribution >= 0.6 is 0 Å². The van der Waals surface area contributed by atoms with Crippen molar-refractivity contribution in [1.82, 2.24) is 4.90 Å². The molecule has 136 valence electrons. The molecule has 0 spiro atoms. The molecule has 0 aliphatic carbocycles. The van der Waals surface area contributed by atoms with Crippen LogP contribution in [0.25, 0.3) is 0 Å². The van der Waals surface area contributed by atoms with Crippen LogP contribution in [0.2, 0.25) is 0 Å². The third kappa shape index (κ3) is 5.41. The molecule has 0 aromatic heterocycles. The first-order valence-electron chi connectivity index (χ1n) is 8.50. The number of hydrogen-bond acceptors (Lipinski definition) is 4. The predicted octanol–water partition coefficient (Wildman–Crippen LogP) is 1.68. The van der Waals surface area contributed by atoms with E-state index in [0.717, 1.165) is 6.42 Å². The van der Waals surface area contributed by atoms with Crippen LogP contribution in [0, 0.1) is 5.92 Å². The lowest BCUT2D eigenvalue weighted by molar-refractivity contribution is -0.139. The number of nitrogens with zero attached hydrogens (tertiary/aromatic N) is 1. The smallest absolute Gasteiger partial charge is 0.305 e. The van der Waals surface area contributed by atoms with Gasteiger partial charge in [0.15, 0.2) is 0 Å². The highest BCUT2D eigenvalue weighted by molar-refractivity contribution is 5.94. The average Bonchev–Trinajstić information content (AvgIpc) is 2.93. The van der Waals surface area contributed by atoms with E-state index in [-0.39, 0.29) is 24.3 Å². The Morgan fingerprint density at radius 1 is 1.28 bits per heavy atom. The molecular weight excluding hydrogens is 322 g/mol. The van der Waals surface area contributed by atoms with Crippen molar-refractivity contribution in [2.45, 2.75) is 44.4 Å². The van der Waals surface area contributed by atoms with Crippen LogP contribution in [0.15, 0.2) is 42.5 Å². The Balaban J connectivity index is 2.00. The van der Waals surface area contributed by atoms with Crippen molar-refractivity contribution >= 4 is 11.9 Å². The number of carboxylic acid groups (broad SMARTS) is 1. The first-order chi connectivity index (χ1) is 11.9. The highest BCUT2D eigenvalue weighted by atomic mass is 16.4. The molecule has 1 aromatic carbocycles. The molecule has 25 heavy (non-hydrogen) atoms. The van der Waals surface area contributed by atoms with E-state index < -0.39 is 24.6 Å². The number of aliphatic hydroxyl groups is 2. The first-order valence-corrected chi connectivity index (χ1v) is 8.50. The number of hydrogen-bond donors (Lipinski definition) is 3. The SMILES string of the molecule is C[C@H]1CCN(C(=O)c2ccccc2)[C@@H]1/C=C/[C@@H](O)C[C@@H](O)CC(=O)O. The second-order valence-corrected chi connectivity index (χ2v) is 6.56.